The number of methoxy groups -OCH3 is 1. The zero-order chi connectivity index (χ0) is 13.9. The number of benzene rings is 2. The van der Waals surface area contributed by atoms with Crippen LogP contribution in [0.25, 0.3) is 16.9 Å². The molecule has 0 bridgehead atoms. The van der Waals surface area contributed by atoms with Crippen molar-refractivity contribution in [3.8, 4) is 22.7 Å². The van der Waals surface area contributed by atoms with Crippen LogP contribution in [0.5, 0.6) is 5.75 Å². The average molecular weight is 269 g/mol. The average Bonchev–Trinajstić information content (AvgIpc) is 2.98. The molecule has 0 aliphatic carbocycles. The number of halogens is 1. The molecule has 0 unspecified atom stereocenters. The Hall–Kier alpha value is -2.69. The van der Waals surface area contributed by atoms with Gasteiger partial charge in [-0.25, -0.2) is 9.07 Å². The van der Waals surface area contributed by atoms with Crippen molar-refractivity contribution in [1.82, 2.24) is 15.0 Å². The van der Waals surface area contributed by atoms with Gasteiger partial charge >= 0.3 is 0 Å². The number of hydrogen-bond donors (Lipinski definition) is 0. The summed E-state index contributed by atoms with van der Waals surface area (Å²) in [7, 11) is 1.62. The van der Waals surface area contributed by atoms with E-state index in [9.17, 15) is 4.39 Å². The SMILES string of the molecule is COc1ccc(-n2cc(-c3ccc(F)cc3)nn2)cc1. The lowest BCUT2D eigenvalue weighted by molar-refractivity contribution is 0.414. The minimum Gasteiger partial charge on any atom is -0.497 e. The Labute approximate surface area is 115 Å². The number of nitrogens with zero attached hydrogens (tertiary/aromatic N) is 3. The molecule has 0 saturated heterocycles. The maximum absolute atomic E-state index is 12.9. The van der Waals surface area contributed by atoms with E-state index in [2.05, 4.69) is 10.3 Å². The van der Waals surface area contributed by atoms with Gasteiger partial charge in [0.1, 0.15) is 17.3 Å². The molecule has 0 saturated carbocycles. The van der Waals surface area contributed by atoms with Crippen LogP contribution in [0.4, 0.5) is 4.39 Å². The Morgan fingerprint density at radius 1 is 1.00 bits per heavy atom. The fourth-order valence-corrected chi connectivity index (χ4v) is 1.88. The predicted octanol–water partition coefficient (Wildman–Crippen LogP) is 3.08. The van der Waals surface area contributed by atoms with Crippen LogP contribution in [0.1, 0.15) is 0 Å². The lowest BCUT2D eigenvalue weighted by Crippen LogP contribution is -1.94. The van der Waals surface area contributed by atoms with Gasteiger partial charge in [-0.05, 0) is 48.5 Å². The van der Waals surface area contributed by atoms with E-state index in [1.54, 1.807) is 30.1 Å². The molecule has 1 heterocycles. The molecule has 4 nitrogen and oxygen atoms in total. The minimum absolute atomic E-state index is 0.267. The third-order valence-electron chi connectivity index (χ3n) is 2.97. The van der Waals surface area contributed by atoms with Crippen molar-refractivity contribution in [3.63, 3.8) is 0 Å². The van der Waals surface area contributed by atoms with Gasteiger partial charge in [-0.2, -0.15) is 0 Å². The van der Waals surface area contributed by atoms with Crippen LogP contribution in [0.2, 0.25) is 0 Å². The quantitative estimate of drug-likeness (QED) is 0.733. The van der Waals surface area contributed by atoms with Crippen molar-refractivity contribution in [3.05, 3.63) is 60.5 Å². The van der Waals surface area contributed by atoms with E-state index in [0.717, 1.165) is 17.0 Å². The van der Waals surface area contributed by atoms with Crippen molar-refractivity contribution in [2.45, 2.75) is 0 Å². The Morgan fingerprint density at radius 3 is 2.35 bits per heavy atom. The molecule has 3 aromatic rings. The Balaban J connectivity index is 1.91. The highest BCUT2D eigenvalue weighted by molar-refractivity contribution is 5.58. The number of hydrogen-bond acceptors (Lipinski definition) is 3. The van der Waals surface area contributed by atoms with Gasteiger partial charge in [0.25, 0.3) is 0 Å². The second-order valence-corrected chi connectivity index (χ2v) is 4.25. The first kappa shape index (κ1) is 12.3. The van der Waals surface area contributed by atoms with Gasteiger partial charge in [0.05, 0.1) is 19.0 Å². The van der Waals surface area contributed by atoms with E-state index in [1.807, 2.05) is 24.3 Å². The first-order valence-electron chi connectivity index (χ1n) is 6.09. The van der Waals surface area contributed by atoms with Crippen LogP contribution >= 0.6 is 0 Å². The zero-order valence-corrected chi connectivity index (χ0v) is 10.8. The van der Waals surface area contributed by atoms with Crippen molar-refractivity contribution in [1.29, 1.82) is 0 Å². The normalized spacial score (nSPS) is 10.5. The van der Waals surface area contributed by atoms with Crippen LogP contribution in [0.3, 0.4) is 0 Å². The first-order valence-corrected chi connectivity index (χ1v) is 6.09. The molecule has 5 heteroatoms. The Kier molecular flexibility index (Phi) is 3.16. The lowest BCUT2D eigenvalue weighted by Gasteiger charge is -2.02. The molecule has 3 rings (SSSR count). The molecule has 0 fully saturated rings. The van der Waals surface area contributed by atoms with Gasteiger partial charge in [-0.1, -0.05) is 5.21 Å². The molecule has 0 N–H and O–H groups in total. The van der Waals surface area contributed by atoms with Crippen molar-refractivity contribution >= 4 is 0 Å². The number of aromatic nitrogens is 3. The fourth-order valence-electron chi connectivity index (χ4n) is 1.88. The molecule has 0 atom stereocenters. The van der Waals surface area contributed by atoms with Gasteiger partial charge in [0, 0.05) is 5.56 Å². The van der Waals surface area contributed by atoms with E-state index in [0.29, 0.717) is 5.69 Å². The second kappa shape index (κ2) is 5.13. The summed E-state index contributed by atoms with van der Waals surface area (Å²) in [4.78, 5) is 0. The van der Waals surface area contributed by atoms with Gasteiger partial charge in [0.2, 0.25) is 0 Å². The van der Waals surface area contributed by atoms with Gasteiger partial charge < -0.3 is 4.74 Å². The van der Waals surface area contributed by atoms with Crippen molar-refractivity contribution in [2.24, 2.45) is 0 Å². The number of ether oxygens (including phenoxy) is 1. The Morgan fingerprint density at radius 2 is 1.70 bits per heavy atom. The molecule has 0 spiro atoms. The topological polar surface area (TPSA) is 39.9 Å². The third kappa shape index (κ3) is 2.38. The Bertz CT molecular complexity index is 705. The summed E-state index contributed by atoms with van der Waals surface area (Å²) >= 11 is 0. The van der Waals surface area contributed by atoms with Gasteiger partial charge in [-0.3, -0.25) is 0 Å². The highest BCUT2D eigenvalue weighted by Gasteiger charge is 2.05. The maximum atomic E-state index is 12.9. The van der Waals surface area contributed by atoms with Crippen LogP contribution < -0.4 is 4.74 Å². The van der Waals surface area contributed by atoms with Crippen LogP contribution in [0, 0.1) is 5.82 Å². The van der Waals surface area contributed by atoms with Crippen LogP contribution in [0.15, 0.2) is 54.7 Å². The zero-order valence-electron chi connectivity index (χ0n) is 10.8. The summed E-state index contributed by atoms with van der Waals surface area (Å²) in [5, 5.41) is 8.17. The summed E-state index contributed by atoms with van der Waals surface area (Å²) < 4.78 is 19.7. The van der Waals surface area contributed by atoms with Gasteiger partial charge in [0.15, 0.2) is 0 Å². The molecule has 20 heavy (non-hydrogen) atoms. The molecule has 1 aromatic heterocycles. The summed E-state index contributed by atoms with van der Waals surface area (Å²) in [6, 6.07) is 13.7. The lowest BCUT2D eigenvalue weighted by atomic mass is 10.2. The second-order valence-electron chi connectivity index (χ2n) is 4.25. The summed E-state index contributed by atoms with van der Waals surface area (Å²) in [5.41, 5.74) is 2.40. The molecule has 0 amide bonds. The maximum Gasteiger partial charge on any atom is 0.123 e. The highest BCUT2D eigenvalue weighted by Crippen LogP contribution is 2.19. The molecular weight excluding hydrogens is 257 g/mol. The third-order valence-corrected chi connectivity index (χ3v) is 2.97. The van der Waals surface area contributed by atoms with E-state index < -0.39 is 0 Å². The molecule has 0 radical (unpaired) electrons. The number of rotatable bonds is 3. The van der Waals surface area contributed by atoms with Crippen LogP contribution in [-0.4, -0.2) is 22.1 Å². The van der Waals surface area contributed by atoms with E-state index in [1.165, 1.54) is 12.1 Å². The van der Waals surface area contributed by atoms with Crippen molar-refractivity contribution < 1.29 is 9.13 Å². The summed E-state index contributed by atoms with van der Waals surface area (Å²) in [6.07, 6.45) is 1.80. The minimum atomic E-state index is -0.267. The smallest absolute Gasteiger partial charge is 0.123 e. The molecular formula is C15H12FN3O. The van der Waals surface area contributed by atoms with Crippen molar-refractivity contribution in [2.75, 3.05) is 7.11 Å². The predicted molar refractivity (Wildman–Crippen MR) is 73.3 cm³/mol. The molecule has 0 aliphatic heterocycles. The van der Waals surface area contributed by atoms with E-state index in [4.69, 9.17) is 4.74 Å². The molecule has 2 aromatic carbocycles. The summed E-state index contributed by atoms with van der Waals surface area (Å²) in [5.74, 6) is 0.518. The first-order chi connectivity index (χ1) is 9.76. The highest BCUT2D eigenvalue weighted by atomic mass is 19.1. The molecule has 100 valence electrons. The van der Waals surface area contributed by atoms with Gasteiger partial charge in [-0.15, -0.1) is 5.10 Å². The van der Waals surface area contributed by atoms with E-state index in [-0.39, 0.29) is 5.82 Å². The molecule has 0 aliphatic rings. The fraction of sp³-hybridized carbons (Fsp3) is 0.0667. The van der Waals surface area contributed by atoms with E-state index >= 15 is 0 Å². The summed E-state index contributed by atoms with van der Waals surface area (Å²) in [6.45, 7) is 0. The van der Waals surface area contributed by atoms with Crippen LogP contribution in [-0.2, 0) is 0 Å². The largest absolute Gasteiger partial charge is 0.497 e. The monoisotopic (exact) mass is 269 g/mol. The standard InChI is InChI=1S/C15H12FN3O/c1-20-14-8-6-13(7-9-14)19-10-15(17-18-19)11-2-4-12(16)5-3-11/h2-10H,1H3.